The maximum atomic E-state index is 13.3. The van der Waals surface area contributed by atoms with E-state index in [1.165, 1.54) is 0 Å². The standard InChI is InChI=1S/C18H19F2N3O3/c19-3-1-9-5-11-15(21-6-12(17(11)24)18(25)26)10(2-4-20)16(9)23-7-13-14(8-23)22-13/h5-6,13-14,22H,1-4,7-8H2,(H,21,24)(H,25,26). The van der Waals surface area contributed by atoms with Gasteiger partial charge in [-0.15, -0.1) is 0 Å². The Labute approximate surface area is 147 Å². The molecule has 1 aromatic heterocycles. The molecule has 0 aliphatic carbocycles. The number of rotatable bonds is 6. The zero-order valence-electron chi connectivity index (χ0n) is 14.0. The van der Waals surface area contributed by atoms with E-state index in [1.54, 1.807) is 6.07 Å². The molecule has 2 fully saturated rings. The molecule has 2 saturated heterocycles. The van der Waals surface area contributed by atoms with E-state index in [1.807, 2.05) is 0 Å². The fourth-order valence-electron chi connectivity index (χ4n) is 3.98. The SMILES string of the molecule is O=C(O)c1c[nH]c2c(CCF)c(N3CC4NC4C3)c(CCF)cc2c1=O. The van der Waals surface area contributed by atoms with Crippen LogP contribution in [0.25, 0.3) is 10.9 Å². The normalized spacial score (nSPS) is 21.2. The molecule has 3 heterocycles. The number of halogens is 2. The Morgan fingerprint density at radius 3 is 2.54 bits per heavy atom. The van der Waals surface area contributed by atoms with Crippen molar-refractivity contribution < 1.29 is 18.7 Å². The van der Waals surface area contributed by atoms with Gasteiger partial charge in [0.1, 0.15) is 5.56 Å². The van der Waals surface area contributed by atoms with Gasteiger partial charge < -0.3 is 20.3 Å². The van der Waals surface area contributed by atoms with E-state index in [9.17, 15) is 23.5 Å². The third kappa shape index (κ3) is 2.65. The second-order valence-corrected chi connectivity index (χ2v) is 6.78. The highest BCUT2D eigenvalue weighted by atomic mass is 19.1. The van der Waals surface area contributed by atoms with Gasteiger partial charge in [-0.1, -0.05) is 0 Å². The van der Waals surface area contributed by atoms with Crippen molar-refractivity contribution in [2.24, 2.45) is 0 Å². The number of carboxylic acid groups (broad SMARTS) is 1. The Kier molecular flexibility index (Phi) is 4.14. The van der Waals surface area contributed by atoms with Gasteiger partial charge in [0, 0.05) is 60.8 Å². The zero-order chi connectivity index (χ0) is 18.4. The van der Waals surface area contributed by atoms with E-state index >= 15 is 0 Å². The quantitative estimate of drug-likeness (QED) is 0.675. The van der Waals surface area contributed by atoms with Gasteiger partial charge in [0.25, 0.3) is 0 Å². The number of pyridine rings is 1. The second kappa shape index (κ2) is 6.35. The molecule has 2 aromatic rings. The number of aromatic amines is 1. The summed E-state index contributed by atoms with van der Waals surface area (Å²) in [6.45, 7) is 0.282. The molecular formula is C18H19F2N3O3. The summed E-state index contributed by atoms with van der Waals surface area (Å²) in [5.74, 6) is -1.33. The number of anilines is 1. The lowest BCUT2D eigenvalue weighted by atomic mass is 9.96. The van der Waals surface area contributed by atoms with Crippen LogP contribution in [0.2, 0.25) is 0 Å². The fraction of sp³-hybridized carbons (Fsp3) is 0.444. The number of aromatic carboxylic acids is 1. The molecule has 2 atom stereocenters. The third-order valence-corrected chi connectivity index (χ3v) is 5.22. The topological polar surface area (TPSA) is 95.3 Å². The Balaban J connectivity index is 1.97. The first kappa shape index (κ1) is 17.0. The van der Waals surface area contributed by atoms with Crippen LogP contribution in [0.1, 0.15) is 21.5 Å². The molecule has 2 unspecified atom stereocenters. The first-order valence-corrected chi connectivity index (χ1v) is 8.61. The average molecular weight is 363 g/mol. The number of benzene rings is 1. The van der Waals surface area contributed by atoms with E-state index in [-0.39, 0.29) is 23.8 Å². The van der Waals surface area contributed by atoms with Crippen molar-refractivity contribution in [2.75, 3.05) is 31.3 Å². The minimum atomic E-state index is -1.33. The largest absolute Gasteiger partial charge is 0.477 e. The highest BCUT2D eigenvalue weighted by Crippen LogP contribution is 2.36. The number of hydrogen-bond acceptors (Lipinski definition) is 4. The Bertz CT molecular complexity index is 933. The van der Waals surface area contributed by atoms with Crippen molar-refractivity contribution in [2.45, 2.75) is 24.9 Å². The van der Waals surface area contributed by atoms with Crippen LogP contribution >= 0.6 is 0 Å². The predicted octanol–water partition coefficient (Wildman–Crippen LogP) is 1.41. The summed E-state index contributed by atoms with van der Waals surface area (Å²) < 4.78 is 26.5. The van der Waals surface area contributed by atoms with Crippen LogP contribution in [0.15, 0.2) is 17.1 Å². The molecule has 2 aliphatic heterocycles. The van der Waals surface area contributed by atoms with Gasteiger partial charge in [-0.05, 0) is 11.6 Å². The van der Waals surface area contributed by atoms with Crippen molar-refractivity contribution >= 4 is 22.6 Å². The number of alkyl halides is 2. The number of carbonyl (C=O) groups is 1. The third-order valence-electron chi connectivity index (χ3n) is 5.22. The molecule has 0 saturated carbocycles. The van der Waals surface area contributed by atoms with E-state index in [2.05, 4.69) is 15.2 Å². The lowest BCUT2D eigenvalue weighted by Crippen LogP contribution is -2.30. The fourth-order valence-corrected chi connectivity index (χ4v) is 3.98. The predicted molar refractivity (Wildman–Crippen MR) is 93.8 cm³/mol. The van der Waals surface area contributed by atoms with Crippen LogP contribution in [0.4, 0.5) is 14.5 Å². The summed E-state index contributed by atoms with van der Waals surface area (Å²) in [7, 11) is 0. The van der Waals surface area contributed by atoms with Crippen molar-refractivity contribution in [1.29, 1.82) is 0 Å². The van der Waals surface area contributed by atoms with Crippen LogP contribution in [0.3, 0.4) is 0 Å². The highest BCUT2D eigenvalue weighted by Gasteiger charge is 2.45. The lowest BCUT2D eigenvalue weighted by Gasteiger charge is -2.27. The van der Waals surface area contributed by atoms with Gasteiger partial charge >= 0.3 is 5.97 Å². The molecule has 0 radical (unpaired) electrons. The zero-order valence-corrected chi connectivity index (χ0v) is 14.0. The minimum absolute atomic E-state index is 0.0770. The molecule has 4 rings (SSSR count). The summed E-state index contributed by atoms with van der Waals surface area (Å²) in [6.07, 6.45) is 1.32. The van der Waals surface area contributed by atoms with Crippen LogP contribution in [0, 0.1) is 0 Å². The molecule has 0 spiro atoms. The molecule has 0 amide bonds. The molecule has 26 heavy (non-hydrogen) atoms. The van der Waals surface area contributed by atoms with Crippen molar-refractivity contribution in [1.82, 2.24) is 10.3 Å². The summed E-state index contributed by atoms with van der Waals surface area (Å²) in [4.78, 5) is 28.8. The van der Waals surface area contributed by atoms with Gasteiger partial charge in [0.15, 0.2) is 0 Å². The Morgan fingerprint density at radius 1 is 1.23 bits per heavy atom. The number of piperazine rings is 1. The van der Waals surface area contributed by atoms with Crippen molar-refractivity contribution in [3.05, 3.63) is 39.2 Å². The number of nitrogens with one attached hydrogen (secondary N) is 2. The first-order chi connectivity index (χ1) is 12.5. The summed E-state index contributed by atoms with van der Waals surface area (Å²) in [5, 5.41) is 12.7. The van der Waals surface area contributed by atoms with Crippen LogP contribution in [0.5, 0.6) is 0 Å². The molecular weight excluding hydrogens is 344 g/mol. The average Bonchev–Trinajstić information content (AvgIpc) is 3.22. The van der Waals surface area contributed by atoms with Crippen molar-refractivity contribution in [3.8, 4) is 0 Å². The number of fused-ring (bicyclic) bond motifs is 2. The molecule has 6 nitrogen and oxygen atoms in total. The van der Waals surface area contributed by atoms with E-state index in [0.29, 0.717) is 28.7 Å². The van der Waals surface area contributed by atoms with Gasteiger partial charge in [0.05, 0.1) is 18.9 Å². The van der Waals surface area contributed by atoms with E-state index in [0.717, 1.165) is 25.0 Å². The maximum Gasteiger partial charge on any atom is 0.341 e. The second-order valence-electron chi connectivity index (χ2n) is 6.78. The maximum absolute atomic E-state index is 13.3. The minimum Gasteiger partial charge on any atom is -0.477 e. The monoisotopic (exact) mass is 363 g/mol. The molecule has 1 aromatic carbocycles. The number of nitrogens with zero attached hydrogens (tertiary/aromatic N) is 1. The number of aryl methyl sites for hydroxylation is 2. The summed E-state index contributed by atoms with van der Waals surface area (Å²) in [6, 6.07) is 2.36. The Hall–Kier alpha value is -2.48. The summed E-state index contributed by atoms with van der Waals surface area (Å²) >= 11 is 0. The van der Waals surface area contributed by atoms with Gasteiger partial charge in [-0.25, -0.2) is 4.79 Å². The van der Waals surface area contributed by atoms with Crippen molar-refractivity contribution in [3.63, 3.8) is 0 Å². The first-order valence-electron chi connectivity index (χ1n) is 8.61. The van der Waals surface area contributed by atoms with Gasteiger partial charge in [-0.3, -0.25) is 13.6 Å². The molecule has 3 N–H and O–H groups in total. The number of hydrogen-bond donors (Lipinski definition) is 3. The van der Waals surface area contributed by atoms with Gasteiger partial charge in [-0.2, -0.15) is 0 Å². The van der Waals surface area contributed by atoms with E-state index < -0.39 is 24.7 Å². The lowest BCUT2D eigenvalue weighted by molar-refractivity contribution is 0.0695. The van der Waals surface area contributed by atoms with E-state index in [4.69, 9.17) is 0 Å². The number of H-pyrrole nitrogens is 1. The van der Waals surface area contributed by atoms with Crippen LogP contribution in [-0.2, 0) is 12.8 Å². The summed E-state index contributed by atoms with van der Waals surface area (Å²) in [5.41, 5.74) is 1.43. The van der Waals surface area contributed by atoms with Gasteiger partial charge in [0.2, 0.25) is 5.43 Å². The highest BCUT2D eigenvalue weighted by molar-refractivity contribution is 5.95. The number of aromatic nitrogens is 1. The van der Waals surface area contributed by atoms with Crippen LogP contribution in [-0.4, -0.2) is 54.6 Å². The molecule has 0 bridgehead atoms. The molecule has 138 valence electrons. The molecule has 2 aliphatic rings. The number of carboxylic acids is 1. The van der Waals surface area contributed by atoms with Crippen LogP contribution < -0.4 is 15.6 Å². The molecule has 8 heteroatoms. The Morgan fingerprint density at radius 2 is 1.92 bits per heavy atom. The smallest absolute Gasteiger partial charge is 0.341 e.